The maximum Gasteiger partial charge on any atom is -0.0386 e. The predicted octanol–water partition coefficient (Wildman–Crippen LogP) is 8.15. The van der Waals surface area contributed by atoms with E-state index in [1.807, 2.05) is 0 Å². The first kappa shape index (κ1) is 21.0. The molecule has 0 radical (unpaired) electrons. The molecule has 0 saturated heterocycles. The Morgan fingerprint density at radius 3 is 1.48 bits per heavy atom. The number of rotatable bonds is 16. The molecule has 21 heavy (non-hydrogen) atoms. The monoisotopic (exact) mass is 296 g/mol. The van der Waals surface area contributed by atoms with E-state index in [0.29, 0.717) is 0 Å². The molecule has 0 N–H and O–H groups in total. The molecule has 0 aliphatic rings. The van der Waals surface area contributed by atoms with Crippen LogP contribution in [0.15, 0.2) is 0 Å². The van der Waals surface area contributed by atoms with Gasteiger partial charge in [-0.25, -0.2) is 0 Å². The number of hydrogen-bond donors (Lipinski definition) is 0. The van der Waals surface area contributed by atoms with E-state index in [1.54, 1.807) is 0 Å². The Bertz CT molecular complexity index is 184. The Labute approximate surface area is 136 Å². The van der Waals surface area contributed by atoms with Gasteiger partial charge in [0.2, 0.25) is 0 Å². The van der Waals surface area contributed by atoms with Crippen LogP contribution in [0, 0.1) is 11.8 Å². The molecule has 128 valence electrons. The summed E-state index contributed by atoms with van der Waals surface area (Å²) in [4.78, 5) is 0. The zero-order chi connectivity index (χ0) is 15.8. The van der Waals surface area contributed by atoms with E-state index < -0.39 is 0 Å². The quantitative estimate of drug-likeness (QED) is 0.252. The van der Waals surface area contributed by atoms with E-state index in [9.17, 15) is 0 Å². The lowest BCUT2D eigenvalue weighted by molar-refractivity contribution is 0.254. The second kappa shape index (κ2) is 16.4. The Morgan fingerprint density at radius 1 is 0.429 bits per heavy atom. The molecule has 0 nitrogen and oxygen atoms in total. The highest BCUT2D eigenvalue weighted by atomic mass is 14.2. The standard InChI is InChI=1S/C21H44/c1-5-9-11-12-13-14-16-18-20(8-4)21(17-7-3)19-15-10-6-2/h20-21H,5-19H2,1-4H3. The molecule has 0 saturated carbocycles. The third kappa shape index (κ3) is 12.2. The molecule has 0 bridgehead atoms. The first-order valence-corrected chi connectivity index (χ1v) is 10.3. The van der Waals surface area contributed by atoms with E-state index in [4.69, 9.17) is 0 Å². The first-order valence-electron chi connectivity index (χ1n) is 10.3. The van der Waals surface area contributed by atoms with Crippen molar-refractivity contribution >= 4 is 0 Å². The Kier molecular flexibility index (Phi) is 16.4. The molecule has 2 unspecified atom stereocenters. The molecule has 0 heteroatoms. The second-order valence-electron chi connectivity index (χ2n) is 7.12. The molecule has 0 amide bonds. The molecule has 0 aromatic carbocycles. The molecular weight excluding hydrogens is 252 g/mol. The van der Waals surface area contributed by atoms with Crippen molar-refractivity contribution in [3.8, 4) is 0 Å². The lowest BCUT2D eigenvalue weighted by Gasteiger charge is -2.26. The van der Waals surface area contributed by atoms with Crippen LogP contribution in [-0.2, 0) is 0 Å². The number of hydrogen-bond acceptors (Lipinski definition) is 0. The maximum absolute atomic E-state index is 2.42. The van der Waals surface area contributed by atoms with Gasteiger partial charge in [0.1, 0.15) is 0 Å². The van der Waals surface area contributed by atoms with Crippen LogP contribution in [0.4, 0.5) is 0 Å². The Balaban J connectivity index is 3.84. The molecule has 0 aliphatic carbocycles. The minimum Gasteiger partial charge on any atom is -0.0654 e. The van der Waals surface area contributed by atoms with E-state index in [1.165, 1.54) is 96.3 Å². The van der Waals surface area contributed by atoms with Gasteiger partial charge in [0.05, 0.1) is 0 Å². The van der Waals surface area contributed by atoms with E-state index in [-0.39, 0.29) is 0 Å². The molecular formula is C21H44. The van der Waals surface area contributed by atoms with Gasteiger partial charge in [-0.2, -0.15) is 0 Å². The summed E-state index contributed by atoms with van der Waals surface area (Å²) in [6.45, 7) is 9.42. The molecule has 0 fully saturated rings. The van der Waals surface area contributed by atoms with Gasteiger partial charge in [0.15, 0.2) is 0 Å². The van der Waals surface area contributed by atoms with Crippen molar-refractivity contribution in [2.45, 2.75) is 124 Å². The van der Waals surface area contributed by atoms with E-state index in [0.717, 1.165) is 11.8 Å². The molecule has 2 atom stereocenters. The maximum atomic E-state index is 2.42. The summed E-state index contributed by atoms with van der Waals surface area (Å²) in [6.07, 6.45) is 21.7. The van der Waals surface area contributed by atoms with Crippen LogP contribution < -0.4 is 0 Å². The average molecular weight is 297 g/mol. The SMILES string of the molecule is CCCCCCCCCC(CC)C(CCC)CCCCC. The zero-order valence-electron chi connectivity index (χ0n) is 15.8. The van der Waals surface area contributed by atoms with Gasteiger partial charge >= 0.3 is 0 Å². The minimum atomic E-state index is 1.01. The molecule has 0 spiro atoms. The summed E-state index contributed by atoms with van der Waals surface area (Å²) in [6, 6.07) is 0. The molecule has 0 aliphatic heterocycles. The zero-order valence-corrected chi connectivity index (χ0v) is 15.8. The van der Waals surface area contributed by atoms with Gasteiger partial charge in [-0.1, -0.05) is 124 Å². The van der Waals surface area contributed by atoms with Crippen LogP contribution in [0.2, 0.25) is 0 Å². The Hall–Kier alpha value is 0. The van der Waals surface area contributed by atoms with Gasteiger partial charge < -0.3 is 0 Å². The predicted molar refractivity (Wildman–Crippen MR) is 98.9 cm³/mol. The Morgan fingerprint density at radius 2 is 0.905 bits per heavy atom. The van der Waals surface area contributed by atoms with Crippen LogP contribution in [-0.4, -0.2) is 0 Å². The van der Waals surface area contributed by atoms with E-state index >= 15 is 0 Å². The van der Waals surface area contributed by atoms with Crippen molar-refractivity contribution in [3.63, 3.8) is 0 Å². The van der Waals surface area contributed by atoms with Crippen molar-refractivity contribution in [2.24, 2.45) is 11.8 Å². The fraction of sp³-hybridized carbons (Fsp3) is 1.00. The van der Waals surface area contributed by atoms with Crippen LogP contribution in [0.3, 0.4) is 0 Å². The normalized spacial score (nSPS) is 14.3. The van der Waals surface area contributed by atoms with Crippen LogP contribution in [0.1, 0.15) is 124 Å². The molecule has 0 aromatic rings. The fourth-order valence-electron chi connectivity index (χ4n) is 3.78. The topological polar surface area (TPSA) is 0 Å². The fourth-order valence-corrected chi connectivity index (χ4v) is 3.78. The molecule has 0 heterocycles. The largest absolute Gasteiger partial charge is 0.0654 e. The van der Waals surface area contributed by atoms with Crippen molar-refractivity contribution < 1.29 is 0 Å². The van der Waals surface area contributed by atoms with Gasteiger partial charge in [0, 0.05) is 0 Å². The second-order valence-corrected chi connectivity index (χ2v) is 7.12. The van der Waals surface area contributed by atoms with E-state index in [2.05, 4.69) is 27.7 Å². The minimum absolute atomic E-state index is 1.01. The summed E-state index contributed by atoms with van der Waals surface area (Å²) < 4.78 is 0. The van der Waals surface area contributed by atoms with Gasteiger partial charge in [-0.15, -0.1) is 0 Å². The van der Waals surface area contributed by atoms with Crippen LogP contribution in [0.25, 0.3) is 0 Å². The average Bonchev–Trinajstić information content (AvgIpc) is 2.50. The number of unbranched alkanes of at least 4 members (excludes halogenated alkanes) is 8. The third-order valence-corrected chi connectivity index (χ3v) is 5.21. The lowest BCUT2D eigenvalue weighted by Crippen LogP contribution is -2.14. The summed E-state index contributed by atoms with van der Waals surface area (Å²) in [5, 5.41) is 0. The van der Waals surface area contributed by atoms with Gasteiger partial charge in [0.25, 0.3) is 0 Å². The van der Waals surface area contributed by atoms with Gasteiger partial charge in [-0.3, -0.25) is 0 Å². The van der Waals surface area contributed by atoms with Crippen molar-refractivity contribution in [3.05, 3.63) is 0 Å². The summed E-state index contributed by atoms with van der Waals surface area (Å²) in [5.74, 6) is 2.03. The lowest BCUT2D eigenvalue weighted by atomic mass is 9.80. The highest BCUT2D eigenvalue weighted by molar-refractivity contribution is 4.70. The molecule has 0 rings (SSSR count). The first-order chi connectivity index (χ1) is 10.3. The van der Waals surface area contributed by atoms with Crippen molar-refractivity contribution in [1.82, 2.24) is 0 Å². The smallest absolute Gasteiger partial charge is 0.0386 e. The highest BCUT2D eigenvalue weighted by Crippen LogP contribution is 2.30. The highest BCUT2D eigenvalue weighted by Gasteiger charge is 2.18. The summed E-state index contributed by atoms with van der Waals surface area (Å²) in [7, 11) is 0. The van der Waals surface area contributed by atoms with Crippen molar-refractivity contribution in [1.29, 1.82) is 0 Å². The third-order valence-electron chi connectivity index (χ3n) is 5.21. The molecule has 0 aromatic heterocycles. The van der Waals surface area contributed by atoms with Crippen LogP contribution >= 0.6 is 0 Å². The van der Waals surface area contributed by atoms with Crippen molar-refractivity contribution in [2.75, 3.05) is 0 Å². The summed E-state index contributed by atoms with van der Waals surface area (Å²) >= 11 is 0. The van der Waals surface area contributed by atoms with Gasteiger partial charge in [-0.05, 0) is 11.8 Å². The van der Waals surface area contributed by atoms with Crippen LogP contribution in [0.5, 0.6) is 0 Å². The summed E-state index contributed by atoms with van der Waals surface area (Å²) in [5.41, 5.74) is 0.